The Balaban J connectivity index is 2.07. The van der Waals surface area contributed by atoms with Crippen molar-refractivity contribution in [2.24, 2.45) is 0 Å². The maximum Gasteiger partial charge on any atom is 0.337 e. The first-order valence-corrected chi connectivity index (χ1v) is 10.2. The molecule has 0 saturated heterocycles. The number of aryl methyl sites for hydroxylation is 1. The van der Waals surface area contributed by atoms with Crippen molar-refractivity contribution in [3.8, 4) is 5.75 Å². The predicted octanol–water partition coefficient (Wildman–Crippen LogP) is 4.93. The molecule has 6 nitrogen and oxygen atoms in total. The summed E-state index contributed by atoms with van der Waals surface area (Å²) in [6.45, 7) is 4.28. The van der Waals surface area contributed by atoms with Gasteiger partial charge in [-0.2, -0.15) is 0 Å². The number of carboxylic acids is 1. The molecule has 0 unspecified atom stereocenters. The number of benzene rings is 2. The minimum Gasteiger partial charge on any atom is -0.496 e. The van der Waals surface area contributed by atoms with Gasteiger partial charge in [-0.15, -0.1) is 0 Å². The number of carboxylic acid groups (broad SMARTS) is 1. The average Bonchev–Trinajstić information content (AvgIpc) is 3.10. The molecule has 0 aliphatic rings. The van der Waals surface area contributed by atoms with Crippen molar-refractivity contribution in [2.45, 2.75) is 33.2 Å². The zero-order chi connectivity index (χ0) is 22.5. The molecule has 3 rings (SSSR count). The molecule has 0 saturated carbocycles. The summed E-state index contributed by atoms with van der Waals surface area (Å²) in [7, 11) is 2.93. The van der Waals surface area contributed by atoms with E-state index in [-0.39, 0.29) is 5.57 Å². The van der Waals surface area contributed by atoms with E-state index in [4.69, 9.17) is 9.47 Å². The zero-order valence-electron chi connectivity index (χ0n) is 18.3. The molecule has 1 aromatic heterocycles. The van der Waals surface area contributed by atoms with Crippen molar-refractivity contribution in [3.63, 3.8) is 0 Å². The van der Waals surface area contributed by atoms with Gasteiger partial charge in [0.15, 0.2) is 0 Å². The van der Waals surface area contributed by atoms with Crippen LogP contribution in [0.5, 0.6) is 5.75 Å². The number of carbonyl (C=O) groups excluding carboxylic acids is 1. The van der Waals surface area contributed by atoms with Crippen molar-refractivity contribution >= 4 is 28.9 Å². The van der Waals surface area contributed by atoms with Gasteiger partial charge in [0, 0.05) is 28.2 Å². The number of ether oxygens (including phenoxy) is 2. The zero-order valence-corrected chi connectivity index (χ0v) is 18.3. The van der Waals surface area contributed by atoms with Gasteiger partial charge in [0.1, 0.15) is 5.75 Å². The van der Waals surface area contributed by atoms with Crippen LogP contribution in [0.2, 0.25) is 0 Å². The molecule has 1 heterocycles. The van der Waals surface area contributed by atoms with Crippen LogP contribution in [0.4, 0.5) is 0 Å². The fourth-order valence-corrected chi connectivity index (χ4v) is 3.69. The molecular formula is C25H27NO5. The van der Waals surface area contributed by atoms with E-state index < -0.39 is 11.9 Å². The topological polar surface area (TPSA) is 77.8 Å². The third kappa shape index (κ3) is 4.79. The molecule has 1 N–H and O–H groups in total. The lowest BCUT2D eigenvalue weighted by molar-refractivity contribution is -0.132. The summed E-state index contributed by atoms with van der Waals surface area (Å²) in [5, 5.41) is 10.3. The van der Waals surface area contributed by atoms with Gasteiger partial charge in [0.05, 0.1) is 26.3 Å². The summed E-state index contributed by atoms with van der Waals surface area (Å²) < 4.78 is 12.5. The van der Waals surface area contributed by atoms with Crippen molar-refractivity contribution < 1.29 is 24.2 Å². The highest BCUT2D eigenvalue weighted by molar-refractivity contribution is 5.93. The second-order valence-corrected chi connectivity index (χ2v) is 7.46. The maximum atomic E-state index is 11.8. The Hall–Kier alpha value is -3.54. The largest absolute Gasteiger partial charge is 0.496 e. The number of fused-ring (bicyclic) bond motifs is 1. The third-order valence-corrected chi connectivity index (χ3v) is 5.28. The van der Waals surface area contributed by atoms with Crippen LogP contribution in [0.1, 0.15) is 47.3 Å². The Labute approximate surface area is 181 Å². The summed E-state index contributed by atoms with van der Waals surface area (Å²) in [4.78, 5) is 23.1. The molecule has 2 aromatic carbocycles. The first-order chi connectivity index (χ1) is 14.9. The number of aliphatic carboxylic acids is 1. The number of carbonyl (C=O) groups is 2. The van der Waals surface area contributed by atoms with E-state index in [1.807, 2.05) is 18.2 Å². The first-order valence-electron chi connectivity index (χ1n) is 10.2. The van der Waals surface area contributed by atoms with Gasteiger partial charge in [-0.1, -0.05) is 31.5 Å². The lowest BCUT2D eigenvalue weighted by Crippen LogP contribution is -2.05. The highest BCUT2D eigenvalue weighted by Crippen LogP contribution is 2.28. The molecule has 0 aliphatic carbocycles. The van der Waals surface area contributed by atoms with Crippen molar-refractivity contribution in [3.05, 3.63) is 70.4 Å². The normalized spacial score (nSPS) is 11.5. The lowest BCUT2D eigenvalue weighted by Gasteiger charge is -2.12. The SMILES string of the molecule is CCCc1cn(Cc2ccc(C(=O)OC)cc2OC)c2cc(C=C(C)C(=O)O)ccc12. The molecule has 0 bridgehead atoms. The van der Waals surface area contributed by atoms with Crippen LogP contribution < -0.4 is 4.74 Å². The van der Waals surface area contributed by atoms with Gasteiger partial charge in [-0.25, -0.2) is 9.59 Å². The van der Waals surface area contributed by atoms with E-state index >= 15 is 0 Å². The van der Waals surface area contributed by atoms with Gasteiger partial charge in [-0.05, 0) is 48.7 Å². The molecule has 0 amide bonds. The highest BCUT2D eigenvalue weighted by Gasteiger charge is 2.14. The van der Waals surface area contributed by atoms with Crippen LogP contribution >= 0.6 is 0 Å². The molecule has 3 aromatic rings. The third-order valence-electron chi connectivity index (χ3n) is 5.28. The number of hydrogen-bond donors (Lipinski definition) is 1. The van der Waals surface area contributed by atoms with Crippen molar-refractivity contribution in [1.82, 2.24) is 4.57 Å². The van der Waals surface area contributed by atoms with Gasteiger partial charge < -0.3 is 19.1 Å². The summed E-state index contributed by atoms with van der Waals surface area (Å²) in [6, 6.07) is 11.3. The standard InChI is InChI=1S/C25H27NO5/c1-5-6-19-14-26(15-20-9-8-18(25(29)31-4)13-23(20)30-3)22-12-17(7-10-21(19)22)11-16(2)24(27)28/h7-14H,5-6,15H2,1-4H3,(H,27,28). The molecule has 0 spiro atoms. The molecule has 162 valence electrons. The van der Waals surface area contributed by atoms with E-state index in [1.165, 1.54) is 12.7 Å². The van der Waals surface area contributed by atoms with E-state index in [0.29, 0.717) is 17.9 Å². The number of rotatable bonds is 8. The maximum absolute atomic E-state index is 11.8. The molecule has 0 fully saturated rings. The quantitative estimate of drug-likeness (QED) is 0.412. The average molecular weight is 421 g/mol. The molecule has 0 aliphatic heterocycles. The Morgan fingerprint density at radius 1 is 1.10 bits per heavy atom. The Kier molecular flexibility index (Phi) is 6.80. The van der Waals surface area contributed by atoms with Gasteiger partial charge in [0.2, 0.25) is 0 Å². The molecule has 0 radical (unpaired) electrons. The van der Waals surface area contributed by atoms with E-state index in [0.717, 1.165) is 34.9 Å². The van der Waals surface area contributed by atoms with Crippen LogP contribution in [0.15, 0.2) is 48.2 Å². The number of nitrogens with zero attached hydrogens (tertiary/aromatic N) is 1. The second kappa shape index (κ2) is 9.51. The monoisotopic (exact) mass is 421 g/mol. The van der Waals surface area contributed by atoms with Gasteiger partial charge in [0.25, 0.3) is 0 Å². The number of esters is 1. The summed E-state index contributed by atoms with van der Waals surface area (Å²) in [6.07, 6.45) is 5.78. The van der Waals surface area contributed by atoms with Gasteiger partial charge >= 0.3 is 11.9 Å². The fourth-order valence-electron chi connectivity index (χ4n) is 3.69. The molecule has 0 atom stereocenters. The minimum absolute atomic E-state index is 0.284. The van der Waals surface area contributed by atoms with Crippen molar-refractivity contribution in [2.75, 3.05) is 14.2 Å². The molecule has 31 heavy (non-hydrogen) atoms. The summed E-state index contributed by atoms with van der Waals surface area (Å²) in [5.41, 5.74) is 4.75. The van der Waals surface area contributed by atoms with Crippen LogP contribution in [0.25, 0.3) is 17.0 Å². The Bertz CT molecular complexity index is 1160. The summed E-state index contributed by atoms with van der Waals surface area (Å²) >= 11 is 0. The fraction of sp³-hybridized carbons (Fsp3) is 0.280. The molecular weight excluding hydrogens is 394 g/mol. The smallest absolute Gasteiger partial charge is 0.337 e. The Morgan fingerprint density at radius 3 is 2.52 bits per heavy atom. The molecule has 6 heteroatoms. The van der Waals surface area contributed by atoms with Crippen LogP contribution in [-0.2, 0) is 22.5 Å². The van der Waals surface area contributed by atoms with Gasteiger partial charge in [-0.3, -0.25) is 0 Å². The van der Waals surface area contributed by atoms with E-state index in [1.54, 1.807) is 32.2 Å². The van der Waals surface area contributed by atoms with Crippen LogP contribution in [-0.4, -0.2) is 35.8 Å². The lowest BCUT2D eigenvalue weighted by atomic mass is 10.1. The highest BCUT2D eigenvalue weighted by atomic mass is 16.5. The Morgan fingerprint density at radius 2 is 1.87 bits per heavy atom. The number of aromatic nitrogens is 1. The summed E-state index contributed by atoms with van der Waals surface area (Å²) in [5.74, 6) is -0.733. The second-order valence-electron chi connectivity index (χ2n) is 7.46. The minimum atomic E-state index is -0.933. The van der Waals surface area contributed by atoms with E-state index in [2.05, 4.69) is 23.8 Å². The van der Waals surface area contributed by atoms with Crippen LogP contribution in [0.3, 0.4) is 0 Å². The van der Waals surface area contributed by atoms with Crippen molar-refractivity contribution in [1.29, 1.82) is 0 Å². The van der Waals surface area contributed by atoms with Crippen LogP contribution in [0, 0.1) is 0 Å². The van der Waals surface area contributed by atoms with E-state index in [9.17, 15) is 14.7 Å². The predicted molar refractivity (Wildman–Crippen MR) is 121 cm³/mol. The first kappa shape index (κ1) is 22.2. The number of hydrogen-bond acceptors (Lipinski definition) is 4. The number of methoxy groups -OCH3 is 2.